The molecule has 0 aliphatic carbocycles. The molecule has 3 heterocycles. The van der Waals surface area contributed by atoms with Gasteiger partial charge in [0.25, 0.3) is 0 Å². The summed E-state index contributed by atoms with van der Waals surface area (Å²) in [5.41, 5.74) is -0.284. The van der Waals surface area contributed by atoms with Crippen molar-refractivity contribution in [3.05, 3.63) is 79.0 Å². The Hall–Kier alpha value is -2.94. The van der Waals surface area contributed by atoms with Crippen LogP contribution in [0.4, 0.5) is 27.6 Å². The number of hydrogen-bond acceptors (Lipinski definition) is 6. The minimum atomic E-state index is -4.33. The van der Waals surface area contributed by atoms with Crippen LogP contribution in [0.1, 0.15) is 5.56 Å². The molecule has 1 aliphatic rings. The van der Waals surface area contributed by atoms with Crippen molar-refractivity contribution in [2.24, 2.45) is 5.10 Å². The second kappa shape index (κ2) is 10.4. The van der Waals surface area contributed by atoms with E-state index in [9.17, 15) is 22.0 Å². The van der Waals surface area contributed by atoms with E-state index in [-0.39, 0.29) is 32.5 Å². The van der Waals surface area contributed by atoms with E-state index in [1.54, 1.807) is 31.0 Å². The van der Waals surface area contributed by atoms with Crippen LogP contribution in [0.2, 0.25) is 0 Å². The maximum absolute atomic E-state index is 13.1. The molecular weight excluding hydrogens is 602 g/mol. The monoisotopic (exact) mass is 614 g/mol. The van der Waals surface area contributed by atoms with Crippen molar-refractivity contribution in [3.63, 3.8) is 0 Å². The summed E-state index contributed by atoms with van der Waals surface area (Å²) in [7, 11) is 1.77. The summed E-state index contributed by atoms with van der Waals surface area (Å²) >= 11 is 0. The Morgan fingerprint density at radius 3 is 2.26 bits per heavy atom. The Morgan fingerprint density at radius 1 is 1.03 bits per heavy atom. The number of halogens is 5. The van der Waals surface area contributed by atoms with Crippen molar-refractivity contribution >= 4 is 12.0 Å². The number of alkyl halides is 3. The van der Waals surface area contributed by atoms with Gasteiger partial charge >= 0.3 is 6.18 Å². The largest absolute Gasteiger partial charge is 0.493 e. The van der Waals surface area contributed by atoms with Crippen LogP contribution in [-0.4, -0.2) is 33.2 Å². The molecule has 0 N–H and O–H groups in total. The van der Waals surface area contributed by atoms with Crippen molar-refractivity contribution in [1.29, 1.82) is 0 Å². The summed E-state index contributed by atoms with van der Waals surface area (Å²) in [5.74, 6) is -1.74. The first-order valence-corrected chi connectivity index (χ1v) is 8.24. The van der Waals surface area contributed by atoms with Crippen molar-refractivity contribution in [2.75, 3.05) is 12.1 Å². The van der Waals surface area contributed by atoms with Gasteiger partial charge in [0.2, 0.25) is 0 Å². The summed E-state index contributed by atoms with van der Waals surface area (Å²) in [6, 6.07) is 10.7. The van der Waals surface area contributed by atoms with Gasteiger partial charge in [0.15, 0.2) is 0 Å². The maximum atomic E-state index is 13.1. The van der Waals surface area contributed by atoms with Gasteiger partial charge in [-0.2, -0.15) is 36.5 Å². The zero-order chi connectivity index (χ0) is 21.7. The van der Waals surface area contributed by atoms with Crippen LogP contribution in [0.25, 0.3) is 11.4 Å². The van der Waals surface area contributed by atoms with Gasteiger partial charge in [0.1, 0.15) is 11.9 Å². The molecule has 0 bridgehead atoms. The Kier molecular flexibility index (Phi) is 8.15. The molecule has 2 aromatic heterocycles. The van der Waals surface area contributed by atoms with E-state index < -0.39 is 23.6 Å². The zero-order valence-electron chi connectivity index (χ0n) is 15.6. The molecule has 1 aromatic carbocycles. The van der Waals surface area contributed by atoms with Gasteiger partial charge in [-0.3, -0.25) is 15.0 Å². The average Bonchev–Trinajstić information content (AvgIpc) is 3.15. The number of aromatic nitrogens is 3. The third-order valence-corrected chi connectivity index (χ3v) is 3.56. The van der Waals surface area contributed by atoms with Gasteiger partial charge in [0.05, 0.1) is 12.2 Å². The van der Waals surface area contributed by atoms with E-state index in [0.29, 0.717) is 5.69 Å². The van der Waals surface area contributed by atoms with Gasteiger partial charge < -0.3 is 9.91 Å². The van der Waals surface area contributed by atoms with E-state index in [0.717, 1.165) is 18.2 Å². The van der Waals surface area contributed by atoms with Crippen LogP contribution in [-0.2, 0) is 27.2 Å². The molecule has 0 amide bonds. The fourth-order valence-electron chi connectivity index (χ4n) is 2.19. The van der Waals surface area contributed by atoms with Crippen LogP contribution in [0.3, 0.4) is 0 Å². The summed E-state index contributed by atoms with van der Waals surface area (Å²) in [6.45, 7) is 1.64. The van der Waals surface area contributed by atoms with Crippen molar-refractivity contribution in [1.82, 2.24) is 19.9 Å². The second-order valence-corrected chi connectivity index (χ2v) is 5.78. The van der Waals surface area contributed by atoms with Gasteiger partial charge in [-0.1, -0.05) is 22.9 Å². The van der Waals surface area contributed by atoms with E-state index in [1.165, 1.54) is 23.5 Å². The predicted octanol–water partition coefficient (Wildman–Crippen LogP) is 3.93. The van der Waals surface area contributed by atoms with E-state index >= 15 is 0 Å². The van der Waals surface area contributed by atoms with Crippen molar-refractivity contribution in [3.8, 4) is 11.4 Å². The number of hydrogen-bond donors (Lipinski definition) is 0. The summed E-state index contributed by atoms with van der Waals surface area (Å²) in [5, 5.41) is 5.39. The Bertz CT molecular complexity index is 1010. The molecule has 0 saturated heterocycles. The third kappa shape index (κ3) is 6.52. The molecule has 0 atom stereocenters. The minimum absolute atomic E-state index is 0. The molecule has 31 heavy (non-hydrogen) atoms. The third-order valence-electron chi connectivity index (χ3n) is 3.56. The molecule has 0 saturated carbocycles. The minimum Gasteiger partial charge on any atom is -0.493 e. The number of nitrogens with zero attached hydrogens (tertiary/aromatic N) is 6. The van der Waals surface area contributed by atoms with Crippen LogP contribution >= 0.6 is 0 Å². The number of rotatable bonds is 2. The van der Waals surface area contributed by atoms with Crippen LogP contribution in [0, 0.1) is 30.7 Å². The number of anilines is 1. The molecule has 166 valence electrons. The molecule has 1 aliphatic heterocycles. The Morgan fingerprint density at radius 2 is 1.74 bits per heavy atom. The van der Waals surface area contributed by atoms with Crippen molar-refractivity contribution < 1.29 is 43.0 Å². The number of hydrazone groups is 1. The van der Waals surface area contributed by atoms with Crippen LogP contribution in [0.5, 0.6) is 0 Å². The topological polar surface area (TPSA) is 57.5 Å². The van der Waals surface area contributed by atoms with Gasteiger partial charge in [0, 0.05) is 33.5 Å². The second-order valence-electron chi connectivity index (χ2n) is 5.78. The van der Waals surface area contributed by atoms with Crippen molar-refractivity contribution in [2.45, 2.75) is 6.18 Å². The van der Waals surface area contributed by atoms with Gasteiger partial charge in [-0.05, 0) is 13.1 Å². The predicted molar refractivity (Wildman–Crippen MR) is 97.3 cm³/mol. The fourth-order valence-corrected chi connectivity index (χ4v) is 2.19. The number of pyridine rings is 1. The molecule has 6 nitrogen and oxygen atoms in total. The van der Waals surface area contributed by atoms with E-state index in [1.807, 2.05) is 0 Å². The average molecular weight is 614 g/mol. The standard InChI is InChI=1S/C10H8F3N3.C9H4F2N3.Pt/c1-15-6-14-16(7-15)9-4-2-8(3-5-9)10(11,12)13;10-7-3-2-6(8(11)14-7)9-12-4-1-5-13-9;/h2-4,6-7H,1H3;1,3-5H;/q-2;-1;. The molecule has 0 fully saturated rings. The fraction of sp³-hybridized carbons (Fsp3) is 0.105. The Labute approximate surface area is 188 Å². The number of benzene rings is 1. The molecular formula is C19H12F5N6Pt-3. The summed E-state index contributed by atoms with van der Waals surface area (Å²) < 4.78 is 62.4. The van der Waals surface area contributed by atoms with Gasteiger partial charge in [-0.25, -0.2) is 8.78 Å². The SMILES string of the molecule is CN1C=NN(c2[c-]cc(C(F)(F)F)cc2)[CH-]1.Fc1c[c-]c(-c2ncccn2)c(F)n1.[Pt]. The quantitative estimate of drug-likeness (QED) is 0.249. The molecule has 12 heteroatoms. The van der Waals surface area contributed by atoms with Crippen LogP contribution in [0.15, 0.2) is 47.8 Å². The first kappa shape index (κ1) is 24.3. The molecule has 0 spiro atoms. The zero-order valence-corrected chi connectivity index (χ0v) is 17.9. The first-order valence-electron chi connectivity index (χ1n) is 8.24. The normalized spacial score (nSPS) is 12.8. The van der Waals surface area contributed by atoms with Gasteiger partial charge in [-0.15, -0.1) is 18.8 Å². The van der Waals surface area contributed by atoms with E-state index in [4.69, 9.17) is 0 Å². The maximum Gasteiger partial charge on any atom is 0.370 e. The molecule has 0 radical (unpaired) electrons. The molecule has 3 aromatic rings. The summed E-state index contributed by atoms with van der Waals surface area (Å²) in [6.07, 6.45) is 0.132. The Balaban J connectivity index is 0.000000215. The molecule has 0 unspecified atom stereocenters. The molecule has 4 rings (SSSR count). The van der Waals surface area contributed by atoms with E-state index in [2.05, 4.69) is 32.2 Å². The summed E-state index contributed by atoms with van der Waals surface area (Å²) in [4.78, 5) is 12.3. The first-order chi connectivity index (χ1) is 14.2. The smallest absolute Gasteiger partial charge is 0.370 e. The van der Waals surface area contributed by atoms with Crippen LogP contribution < -0.4 is 5.01 Å².